The quantitative estimate of drug-likeness (QED) is 0.219. The predicted molar refractivity (Wildman–Crippen MR) is 174 cm³/mol. The van der Waals surface area contributed by atoms with E-state index in [9.17, 15) is 14.0 Å². The standard InChI is InChI=1S/C21H21Cl2FN2O.C11H13NO2.C2H6/c22-14-3-1-4-15(11-14)25-21(27)20-17(9-10-26(20)12-13-7-8-13)16-5-2-6-18(23)19(16)24;1-3-12-11(14)10-6-4-9(5-7-10)8(2)13;1-2/h1-6,11,13,17,20H,7-10,12H2,(H,25,27);4-7,13H,2-3H2,1H3,(H,12,14);1-2H3. The van der Waals surface area contributed by atoms with E-state index in [1.165, 1.54) is 12.8 Å². The Labute approximate surface area is 263 Å². The zero-order valence-electron chi connectivity index (χ0n) is 24.9. The fourth-order valence-corrected chi connectivity index (χ4v) is 5.41. The predicted octanol–water partition coefficient (Wildman–Crippen LogP) is 8.33. The number of nitrogens with one attached hydrogen (secondary N) is 2. The summed E-state index contributed by atoms with van der Waals surface area (Å²) in [6, 6.07) is 18.3. The van der Waals surface area contributed by atoms with E-state index in [4.69, 9.17) is 28.3 Å². The Hall–Kier alpha value is -3.39. The highest BCUT2D eigenvalue weighted by Gasteiger charge is 2.43. The molecule has 3 aromatic rings. The van der Waals surface area contributed by atoms with Gasteiger partial charge >= 0.3 is 0 Å². The van der Waals surface area contributed by atoms with Gasteiger partial charge in [0.1, 0.15) is 11.6 Å². The summed E-state index contributed by atoms with van der Waals surface area (Å²) in [5.41, 5.74) is 2.37. The van der Waals surface area contributed by atoms with Crippen molar-refractivity contribution in [2.75, 3.05) is 25.0 Å². The Morgan fingerprint density at radius 2 is 1.65 bits per heavy atom. The van der Waals surface area contributed by atoms with Gasteiger partial charge in [-0.3, -0.25) is 14.5 Å². The van der Waals surface area contributed by atoms with Crippen molar-refractivity contribution in [3.8, 4) is 0 Å². The number of hydrogen-bond donors (Lipinski definition) is 3. The van der Waals surface area contributed by atoms with Crippen molar-refractivity contribution in [1.29, 1.82) is 0 Å². The molecule has 5 rings (SSSR count). The zero-order valence-corrected chi connectivity index (χ0v) is 26.4. The maximum Gasteiger partial charge on any atom is 0.251 e. The SMILES string of the molecule is C=C(O)c1ccc(C(=O)NCC)cc1.CC.O=C(Nc1cccc(Cl)c1)C1C(c2cccc(Cl)c2F)CCN1CC1CC1. The topological polar surface area (TPSA) is 81.7 Å². The maximum atomic E-state index is 14.7. The number of rotatable bonds is 8. The van der Waals surface area contributed by atoms with Crippen LogP contribution in [0, 0.1) is 11.7 Å². The molecule has 0 spiro atoms. The number of carbonyl (C=O) groups is 2. The molecule has 2 fully saturated rings. The number of amides is 2. The molecule has 1 heterocycles. The van der Waals surface area contributed by atoms with Crippen LogP contribution in [-0.4, -0.2) is 47.5 Å². The van der Waals surface area contributed by atoms with E-state index >= 15 is 0 Å². The van der Waals surface area contributed by atoms with Gasteiger partial charge in [-0.2, -0.15) is 0 Å². The van der Waals surface area contributed by atoms with E-state index in [2.05, 4.69) is 22.1 Å². The highest BCUT2D eigenvalue weighted by molar-refractivity contribution is 6.31. The van der Waals surface area contributed by atoms with Crippen LogP contribution in [-0.2, 0) is 4.79 Å². The van der Waals surface area contributed by atoms with Crippen LogP contribution < -0.4 is 10.6 Å². The molecule has 2 atom stereocenters. The number of aliphatic hydroxyl groups excluding tert-OH is 1. The molecule has 2 aliphatic rings. The first-order valence-corrected chi connectivity index (χ1v) is 15.4. The minimum atomic E-state index is -0.419. The summed E-state index contributed by atoms with van der Waals surface area (Å²) in [6.07, 6.45) is 3.14. The molecule has 1 saturated heterocycles. The lowest BCUT2D eigenvalue weighted by Crippen LogP contribution is -2.43. The highest BCUT2D eigenvalue weighted by Crippen LogP contribution is 2.40. The molecule has 230 valence electrons. The summed E-state index contributed by atoms with van der Waals surface area (Å²) >= 11 is 12.0. The van der Waals surface area contributed by atoms with E-state index in [1.54, 1.807) is 66.7 Å². The van der Waals surface area contributed by atoms with E-state index in [0.717, 1.165) is 19.5 Å². The zero-order chi connectivity index (χ0) is 31.5. The summed E-state index contributed by atoms with van der Waals surface area (Å²) in [5.74, 6) is -0.219. The number of aliphatic hydroxyl groups is 1. The van der Waals surface area contributed by atoms with Crippen LogP contribution in [0.15, 0.2) is 73.3 Å². The van der Waals surface area contributed by atoms with Crippen LogP contribution in [0.4, 0.5) is 10.1 Å². The number of likely N-dealkylation sites (tertiary alicyclic amines) is 1. The van der Waals surface area contributed by atoms with Crippen molar-refractivity contribution in [1.82, 2.24) is 10.2 Å². The molecule has 9 heteroatoms. The van der Waals surface area contributed by atoms with Crippen molar-refractivity contribution >= 4 is 46.5 Å². The largest absolute Gasteiger partial charge is 0.508 e. The van der Waals surface area contributed by atoms with Crippen molar-refractivity contribution < 1.29 is 19.1 Å². The van der Waals surface area contributed by atoms with Gasteiger partial charge in [0.05, 0.1) is 11.1 Å². The Balaban J connectivity index is 0.000000268. The van der Waals surface area contributed by atoms with E-state index in [1.807, 2.05) is 20.8 Å². The third-order valence-corrected chi connectivity index (χ3v) is 7.78. The molecule has 3 N–H and O–H groups in total. The monoisotopic (exact) mass is 627 g/mol. The van der Waals surface area contributed by atoms with Crippen molar-refractivity contribution in [3.63, 3.8) is 0 Å². The number of hydrogen-bond acceptors (Lipinski definition) is 4. The van der Waals surface area contributed by atoms with Crippen LogP contribution in [0.5, 0.6) is 0 Å². The summed E-state index contributed by atoms with van der Waals surface area (Å²) in [6.45, 7) is 11.5. The maximum absolute atomic E-state index is 14.7. The first-order valence-electron chi connectivity index (χ1n) is 14.7. The van der Waals surface area contributed by atoms with Gasteiger partial charge in [-0.05, 0) is 80.6 Å². The van der Waals surface area contributed by atoms with Gasteiger partial charge in [0.2, 0.25) is 5.91 Å². The summed E-state index contributed by atoms with van der Waals surface area (Å²) in [5, 5.41) is 15.4. The average Bonchev–Trinajstić information content (AvgIpc) is 3.72. The second kappa shape index (κ2) is 16.5. The van der Waals surface area contributed by atoms with Crippen LogP contribution in [0.2, 0.25) is 10.0 Å². The molecule has 2 amide bonds. The Morgan fingerprint density at radius 1 is 1.00 bits per heavy atom. The van der Waals surface area contributed by atoms with Gasteiger partial charge in [0.25, 0.3) is 5.91 Å². The number of benzene rings is 3. The van der Waals surface area contributed by atoms with Gasteiger partial charge in [-0.15, -0.1) is 0 Å². The number of carbonyl (C=O) groups excluding carboxylic acids is 2. The lowest BCUT2D eigenvalue weighted by molar-refractivity contribution is -0.120. The van der Waals surface area contributed by atoms with Crippen molar-refractivity contribution in [2.45, 2.75) is 52.0 Å². The molecule has 1 saturated carbocycles. The fourth-order valence-electron chi connectivity index (χ4n) is 5.03. The fraction of sp³-hybridized carbons (Fsp3) is 0.353. The number of anilines is 1. The second-order valence-electron chi connectivity index (χ2n) is 10.3. The van der Waals surface area contributed by atoms with Crippen LogP contribution >= 0.6 is 23.2 Å². The molecule has 0 bridgehead atoms. The van der Waals surface area contributed by atoms with E-state index in [-0.39, 0.29) is 28.5 Å². The summed E-state index contributed by atoms with van der Waals surface area (Å²) in [4.78, 5) is 26.7. The number of nitrogens with zero attached hydrogens (tertiary/aromatic N) is 1. The van der Waals surface area contributed by atoms with Crippen LogP contribution in [0.3, 0.4) is 0 Å². The molecular weight excluding hydrogens is 588 g/mol. The second-order valence-corrected chi connectivity index (χ2v) is 11.1. The molecule has 43 heavy (non-hydrogen) atoms. The molecule has 6 nitrogen and oxygen atoms in total. The molecule has 3 aromatic carbocycles. The lowest BCUT2D eigenvalue weighted by Gasteiger charge is -2.28. The molecule has 2 unspecified atom stereocenters. The molecular formula is C34H40Cl2FN3O3. The minimum Gasteiger partial charge on any atom is -0.508 e. The van der Waals surface area contributed by atoms with Gasteiger partial charge in [-0.1, -0.05) is 74.0 Å². The van der Waals surface area contributed by atoms with Crippen molar-refractivity contribution in [2.24, 2.45) is 5.92 Å². The van der Waals surface area contributed by atoms with E-state index < -0.39 is 11.9 Å². The summed E-state index contributed by atoms with van der Waals surface area (Å²) in [7, 11) is 0. The third-order valence-electron chi connectivity index (χ3n) is 7.25. The van der Waals surface area contributed by atoms with Crippen molar-refractivity contribution in [3.05, 3.63) is 106 Å². The smallest absolute Gasteiger partial charge is 0.251 e. The third kappa shape index (κ3) is 9.55. The first kappa shape index (κ1) is 34.1. The Kier molecular flexibility index (Phi) is 13.1. The molecule has 1 aliphatic carbocycles. The van der Waals surface area contributed by atoms with Gasteiger partial charge in [0.15, 0.2) is 0 Å². The molecule has 0 aromatic heterocycles. The molecule has 1 aliphatic heterocycles. The Bertz CT molecular complexity index is 1400. The van der Waals surface area contributed by atoms with Gasteiger partial charge in [-0.25, -0.2) is 4.39 Å². The normalized spacial score (nSPS) is 17.5. The Morgan fingerprint density at radius 3 is 2.26 bits per heavy atom. The van der Waals surface area contributed by atoms with Gasteiger partial charge in [0, 0.05) is 40.8 Å². The highest BCUT2D eigenvalue weighted by atomic mass is 35.5. The van der Waals surface area contributed by atoms with E-state index in [0.29, 0.717) is 39.9 Å². The lowest BCUT2D eigenvalue weighted by atomic mass is 9.90. The minimum absolute atomic E-state index is 0.00690. The number of halogens is 3. The van der Waals surface area contributed by atoms with Crippen LogP contribution in [0.25, 0.3) is 5.76 Å². The molecule has 0 radical (unpaired) electrons. The van der Waals surface area contributed by atoms with Gasteiger partial charge < -0.3 is 15.7 Å². The first-order chi connectivity index (χ1) is 20.7. The summed E-state index contributed by atoms with van der Waals surface area (Å²) < 4.78 is 14.7. The van der Waals surface area contributed by atoms with Crippen LogP contribution in [0.1, 0.15) is 67.4 Å². The average molecular weight is 629 g/mol.